The zero-order valence-corrected chi connectivity index (χ0v) is 14.6. The van der Waals surface area contributed by atoms with Crippen LogP contribution in [0.4, 0.5) is 0 Å². The van der Waals surface area contributed by atoms with Gasteiger partial charge < -0.3 is 15.4 Å². The van der Waals surface area contributed by atoms with Gasteiger partial charge >= 0.3 is 0 Å². The molecule has 4 heteroatoms. The first-order chi connectivity index (χ1) is 11.8. The Labute approximate surface area is 145 Å². The highest BCUT2D eigenvalue weighted by Crippen LogP contribution is 2.34. The maximum Gasteiger partial charge on any atom is 0.223 e. The highest BCUT2D eigenvalue weighted by atomic mass is 16.5. The lowest BCUT2D eigenvalue weighted by Gasteiger charge is -2.34. The first-order valence-electron chi connectivity index (χ1n) is 9.45. The van der Waals surface area contributed by atoms with E-state index < -0.39 is 0 Å². The smallest absolute Gasteiger partial charge is 0.223 e. The summed E-state index contributed by atoms with van der Waals surface area (Å²) in [7, 11) is 0. The van der Waals surface area contributed by atoms with E-state index in [9.17, 15) is 4.79 Å². The van der Waals surface area contributed by atoms with Gasteiger partial charge in [-0.3, -0.25) is 4.79 Å². The molecule has 2 N–H and O–H groups in total. The number of aryl methyl sites for hydroxylation is 1. The number of carbonyl (C=O) groups excluding carboxylic acids is 1. The van der Waals surface area contributed by atoms with E-state index in [0.29, 0.717) is 30.9 Å². The number of hydrogen-bond acceptors (Lipinski definition) is 3. The molecule has 0 saturated carbocycles. The number of nitrogens with zero attached hydrogens (tertiary/aromatic N) is 1. The predicted octanol–water partition coefficient (Wildman–Crippen LogP) is 2.85. The molecule has 1 unspecified atom stereocenters. The van der Waals surface area contributed by atoms with Crippen LogP contribution < -0.4 is 5.73 Å². The Kier molecular flexibility index (Phi) is 6.27. The summed E-state index contributed by atoms with van der Waals surface area (Å²) in [6.07, 6.45) is 7.29. The molecular weight excluding hydrogens is 300 g/mol. The third-order valence-electron chi connectivity index (χ3n) is 5.41. The van der Waals surface area contributed by atoms with Crippen molar-refractivity contribution in [3.63, 3.8) is 0 Å². The van der Waals surface area contributed by atoms with E-state index in [1.807, 2.05) is 4.90 Å². The minimum Gasteiger partial charge on any atom is -0.378 e. The molecule has 1 aliphatic heterocycles. The van der Waals surface area contributed by atoms with Crippen molar-refractivity contribution in [2.24, 2.45) is 5.73 Å². The van der Waals surface area contributed by atoms with E-state index in [2.05, 4.69) is 24.3 Å². The number of nitrogens with two attached hydrogens (primary N) is 1. The predicted molar refractivity (Wildman–Crippen MR) is 96.0 cm³/mol. The molecule has 3 rings (SSSR count). The molecule has 0 spiro atoms. The molecule has 0 bridgehead atoms. The molecule has 2 aliphatic rings. The van der Waals surface area contributed by atoms with Crippen molar-refractivity contribution in [3.05, 3.63) is 35.4 Å². The van der Waals surface area contributed by atoms with Crippen molar-refractivity contribution in [1.29, 1.82) is 0 Å². The number of carbonyl (C=O) groups is 1. The van der Waals surface area contributed by atoms with Crippen LogP contribution in [0.2, 0.25) is 0 Å². The highest BCUT2D eigenvalue weighted by Gasteiger charge is 2.27. The number of amides is 1. The van der Waals surface area contributed by atoms with Gasteiger partial charge in [0.2, 0.25) is 5.91 Å². The summed E-state index contributed by atoms with van der Waals surface area (Å²) in [5, 5.41) is 0. The molecule has 24 heavy (non-hydrogen) atoms. The van der Waals surface area contributed by atoms with Gasteiger partial charge in [0.25, 0.3) is 0 Å². The standard InChI is InChI=1S/C20H30N2O2/c21-11-4-14-24-18-9-12-22(13-10-18)20(23)15-17-7-3-6-16-5-1-2-8-19(16)17/h1-2,5,8,17-18H,3-4,6-7,9-15,21H2. The molecule has 0 radical (unpaired) electrons. The third kappa shape index (κ3) is 4.37. The van der Waals surface area contributed by atoms with Crippen molar-refractivity contribution in [2.45, 2.75) is 57.0 Å². The summed E-state index contributed by atoms with van der Waals surface area (Å²) >= 11 is 0. The van der Waals surface area contributed by atoms with Crippen LogP contribution in [0.15, 0.2) is 24.3 Å². The van der Waals surface area contributed by atoms with Gasteiger partial charge in [-0.2, -0.15) is 0 Å². The largest absolute Gasteiger partial charge is 0.378 e. The summed E-state index contributed by atoms with van der Waals surface area (Å²) in [6, 6.07) is 8.64. The van der Waals surface area contributed by atoms with Crippen molar-refractivity contribution in [2.75, 3.05) is 26.2 Å². The summed E-state index contributed by atoms with van der Waals surface area (Å²) in [4.78, 5) is 14.8. The second kappa shape index (κ2) is 8.63. The maximum absolute atomic E-state index is 12.7. The third-order valence-corrected chi connectivity index (χ3v) is 5.41. The van der Waals surface area contributed by atoms with Crippen LogP contribution in [-0.4, -0.2) is 43.2 Å². The first kappa shape index (κ1) is 17.4. The zero-order valence-electron chi connectivity index (χ0n) is 14.6. The fourth-order valence-corrected chi connectivity index (χ4v) is 4.01. The van der Waals surface area contributed by atoms with Crippen LogP contribution in [0.25, 0.3) is 0 Å². The van der Waals surface area contributed by atoms with Gasteiger partial charge in [0, 0.05) is 26.1 Å². The molecule has 1 fully saturated rings. The van der Waals surface area contributed by atoms with Crippen molar-refractivity contribution in [3.8, 4) is 0 Å². The second-order valence-electron chi connectivity index (χ2n) is 7.09. The molecule has 1 aromatic carbocycles. The fourth-order valence-electron chi connectivity index (χ4n) is 4.01. The van der Waals surface area contributed by atoms with Gasteiger partial charge in [0.05, 0.1) is 6.10 Å². The second-order valence-corrected chi connectivity index (χ2v) is 7.09. The molecule has 1 atom stereocenters. The molecule has 1 aromatic rings. The van der Waals surface area contributed by atoms with Crippen LogP contribution in [0.5, 0.6) is 0 Å². The van der Waals surface area contributed by atoms with Gasteiger partial charge in [-0.15, -0.1) is 0 Å². The number of benzene rings is 1. The summed E-state index contributed by atoms with van der Waals surface area (Å²) in [6.45, 7) is 3.09. The van der Waals surface area contributed by atoms with Crippen LogP contribution in [-0.2, 0) is 16.0 Å². The summed E-state index contributed by atoms with van der Waals surface area (Å²) in [5.74, 6) is 0.720. The number of ether oxygens (including phenoxy) is 1. The highest BCUT2D eigenvalue weighted by molar-refractivity contribution is 5.77. The maximum atomic E-state index is 12.7. The normalized spacial score (nSPS) is 21.5. The average molecular weight is 330 g/mol. The first-order valence-corrected chi connectivity index (χ1v) is 9.45. The Bertz CT molecular complexity index is 538. The monoisotopic (exact) mass is 330 g/mol. The molecule has 132 valence electrons. The van der Waals surface area contributed by atoms with E-state index in [-0.39, 0.29) is 0 Å². The van der Waals surface area contributed by atoms with E-state index >= 15 is 0 Å². The van der Waals surface area contributed by atoms with Gasteiger partial charge in [-0.1, -0.05) is 24.3 Å². The quantitative estimate of drug-likeness (QED) is 0.816. The molecule has 4 nitrogen and oxygen atoms in total. The van der Waals surface area contributed by atoms with E-state index in [1.54, 1.807) is 0 Å². The minimum atomic E-state index is 0.302. The zero-order chi connectivity index (χ0) is 16.8. The summed E-state index contributed by atoms with van der Waals surface area (Å²) in [5.41, 5.74) is 8.33. The Hall–Kier alpha value is -1.39. The number of piperidine rings is 1. The molecule has 1 amide bonds. The Morgan fingerprint density at radius 1 is 1.21 bits per heavy atom. The fraction of sp³-hybridized carbons (Fsp3) is 0.650. The number of rotatable bonds is 6. The van der Waals surface area contributed by atoms with Gasteiger partial charge in [0.1, 0.15) is 0 Å². The van der Waals surface area contributed by atoms with Crippen LogP contribution in [0.1, 0.15) is 55.6 Å². The van der Waals surface area contributed by atoms with E-state index in [0.717, 1.165) is 51.8 Å². The Morgan fingerprint density at radius 2 is 2.00 bits per heavy atom. The van der Waals surface area contributed by atoms with Gasteiger partial charge in [0.15, 0.2) is 0 Å². The average Bonchev–Trinajstić information content (AvgIpc) is 2.63. The molecular formula is C20H30N2O2. The van der Waals surface area contributed by atoms with Crippen molar-refractivity contribution in [1.82, 2.24) is 4.90 Å². The van der Waals surface area contributed by atoms with Gasteiger partial charge in [-0.25, -0.2) is 0 Å². The molecule has 1 saturated heterocycles. The molecule has 1 aliphatic carbocycles. The Balaban J connectivity index is 1.48. The Morgan fingerprint density at radius 3 is 2.79 bits per heavy atom. The van der Waals surface area contributed by atoms with Gasteiger partial charge in [-0.05, 0) is 62.1 Å². The lowest BCUT2D eigenvalue weighted by Crippen LogP contribution is -2.41. The van der Waals surface area contributed by atoms with Crippen LogP contribution >= 0.6 is 0 Å². The van der Waals surface area contributed by atoms with E-state index in [4.69, 9.17) is 10.5 Å². The molecule has 0 aromatic heterocycles. The minimum absolute atomic E-state index is 0.302. The van der Waals surface area contributed by atoms with Crippen molar-refractivity contribution >= 4 is 5.91 Å². The van der Waals surface area contributed by atoms with Crippen LogP contribution in [0, 0.1) is 0 Å². The number of likely N-dealkylation sites (tertiary alicyclic amines) is 1. The lowest BCUT2D eigenvalue weighted by molar-refractivity contribution is -0.134. The lowest BCUT2D eigenvalue weighted by atomic mass is 9.81. The van der Waals surface area contributed by atoms with E-state index in [1.165, 1.54) is 17.5 Å². The topological polar surface area (TPSA) is 55.6 Å². The van der Waals surface area contributed by atoms with Crippen LogP contribution in [0.3, 0.4) is 0 Å². The molecule has 1 heterocycles. The SMILES string of the molecule is NCCCOC1CCN(C(=O)CC2CCCc3ccccc32)CC1. The number of fused-ring (bicyclic) bond motifs is 1. The number of hydrogen-bond donors (Lipinski definition) is 1. The summed E-state index contributed by atoms with van der Waals surface area (Å²) < 4.78 is 5.83. The van der Waals surface area contributed by atoms with Crippen molar-refractivity contribution < 1.29 is 9.53 Å².